The average Bonchev–Trinajstić information content (AvgIpc) is 2.38. The maximum Gasteiger partial charge on any atom is 0.0678 e. The topological polar surface area (TPSA) is 25.4 Å². The fraction of sp³-hybridized carbons (Fsp3) is 0.500. The van der Waals surface area contributed by atoms with Gasteiger partial charge in [0.2, 0.25) is 0 Å². The van der Waals surface area contributed by atoms with Crippen molar-refractivity contribution in [3.05, 3.63) is 36.3 Å². The number of ether oxygens (including phenoxy) is 1. The lowest BCUT2D eigenvalue weighted by atomic mass is 10.0. The van der Waals surface area contributed by atoms with Gasteiger partial charge in [0.15, 0.2) is 0 Å². The van der Waals surface area contributed by atoms with Gasteiger partial charge in [-0.2, -0.15) is 0 Å². The van der Waals surface area contributed by atoms with Gasteiger partial charge < -0.3 is 9.64 Å². The minimum absolute atomic E-state index is 0.479. The van der Waals surface area contributed by atoms with E-state index >= 15 is 0 Å². The van der Waals surface area contributed by atoms with Crippen LogP contribution in [0.2, 0.25) is 0 Å². The first-order valence-electron chi connectivity index (χ1n) is 6.22. The number of aromatic nitrogens is 1. The van der Waals surface area contributed by atoms with Crippen molar-refractivity contribution in [1.82, 2.24) is 9.88 Å². The highest BCUT2D eigenvalue weighted by Gasteiger charge is 2.12. The van der Waals surface area contributed by atoms with E-state index in [1.165, 1.54) is 5.57 Å². The zero-order valence-corrected chi connectivity index (χ0v) is 10.6. The Morgan fingerprint density at radius 3 is 2.71 bits per heavy atom. The number of hydrogen-bond acceptors (Lipinski definition) is 3. The van der Waals surface area contributed by atoms with Crippen molar-refractivity contribution >= 4 is 5.57 Å². The van der Waals surface area contributed by atoms with E-state index < -0.39 is 0 Å². The SMILES string of the molecule is CC(C)/C(=C/N1CCOCC1)c1ccccn1. The molecule has 0 atom stereocenters. The van der Waals surface area contributed by atoms with Gasteiger partial charge in [-0.15, -0.1) is 0 Å². The monoisotopic (exact) mass is 232 g/mol. The number of nitrogens with zero attached hydrogens (tertiary/aromatic N) is 2. The Morgan fingerprint density at radius 1 is 1.35 bits per heavy atom. The summed E-state index contributed by atoms with van der Waals surface area (Å²) in [5.74, 6) is 0.479. The molecule has 2 rings (SSSR count). The third kappa shape index (κ3) is 3.30. The molecule has 92 valence electrons. The summed E-state index contributed by atoms with van der Waals surface area (Å²) in [7, 11) is 0. The van der Waals surface area contributed by atoms with E-state index in [0.29, 0.717) is 5.92 Å². The molecular formula is C14H20N2O. The first-order chi connectivity index (χ1) is 8.27. The summed E-state index contributed by atoms with van der Waals surface area (Å²) < 4.78 is 5.36. The molecule has 2 heterocycles. The fourth-order valence-electron chi connectivity index (χ4n) is 1.95. The van der Waals surface area contributed by atoms with Crippen molar-refractivity contribution in [2.45, 2.75) is 13.8 Å². The minimum atomic E-state index is 0.479. The summed E-state index contributed by atoms with van der Waals surface area (Å²) in [5, 5.41) is 0. The summed E-state index contributed by atoms with van der Waals surface area (Å²) in [4.78, 5) is 6.77. The minimum Gasteiger partial charge on any atom is -0.378 e. The predicted molar refractivity (Wildman–Crippen MR) is 69.4 cm³/mol. The molecule has 0 bridgehead atoms. The fourth-order valence-corrected chi connectivity index (χ4v) is 1.95. The second kappa shape index (κ2) is 5.82. The Hall–Kier alpha value is -1.35. The van der Waals surface area contributed by atoms with Crippen molar-refractivity contribution in [3.63, 3.8) is 0 Å². The van der Waals surface area contributed by atoms with E-state index in [2.05, 4.69) is 36.0 Å². The van der Waals surface area contributed by atoms with Gasteiger partial charge >= 0.3 is 0 Å². The summed E-state index contributed by atoms with van der Waals surface area (Å²) in [5.41, 5.74) is 2.38. The lowest BCUT2D eigenvalue weighted by Gasteiger charge is -2.27. The van der Waals surface area contributed by atoms with Crippen LogP contribution in [0.5, 0.6) is 0 Å². The maximum absolute atomic E-state index is 5.36. The number of morpholine rings is 1. The lowest BCUT2D eigenvalue weighted by molar-refractivity contribution is 0.0595. The standard InChI is InChI=1S/C14H20N2O/c1-12(2)13(14-5-3-4-6-15-14)11-16-7-9-17-10-8-16/h3-6,11-12H,7-10H2,1-2H3/b13-11-. The second-order valence-electron chi connectivity index (χ2n) is 4.60. The molecule has 0 spiro atoms. The Balaban J connectivity index is 2.19. The first-order valence-corrected chi connectivity index (χ1v) is 6.22. The zero-order chi connectivity index (χ0) is 12.1. The van der Waals surface area contributed by atoms with Crippen LogP contribution in [0.1, 0.15) is 19.5 Å². The van der Waals surface area contributed by atoms with E-state index in [4.69, 9.17) is 4.74 Å². The smallest absolute Gasteiger partial charge is 0.0678 e. The van der Waals surface area contributed by atoms with Crippen LogP contribution in [0, 0.1) is 5.92 Å². The highest BCUT2D eigenvalue weighted by molar-refractivity contribution is 5.63. The van der Waals surface area contributed by atoms with E-state index in [9.17, 15) is 0 Å². The summed E-state index contributed by atoms with van der Waals surface area (Å²) in [6.45, 7) is 8.02. The molecule has 1 fully saturated rings. The molecule has 0 aromatic carbocycles. The van der Waals surface area contributed by atoms with Crippen LogP contribution in [0.3, 0.4) is 0 Å². The van der Waals surface area contributed by atoms with Gasteiger partial charge in [0.1, 0.15) is 0 Å². The van der Waals surface area contributed by atoms with Crippen molar-refractivity contribution < 1.29 is 4.74 Å². The van der Waals surface area contributed by atoms with E-state index in [1.54, 1.807) is 0 Å². The molecule has 0 radical (unpaired) electrons. The van der Waals surface area contributed by atoms with Gasteiger partial charge in [-0.25, -0.2) is 0 Å². The van der Waals surface area contributed by atoms with E-state index in [0.717, 1.165) is 32.0 Å². The molecule has 0 saturated carbocycles. The molecule has 1 aromatic heterocycles. The quantitative estimate of drug-likeness (QED) is 0.800. The molecule has 0 unspecified atom stereocenters. The van der Waals surface area contributed by atoms with E-state index in [1.807, 2.05) is 18.3 Å². The number of hydrogen-bond donors (Lipinski definition) is 0. The van der Waals surface area contributed by atoms with Crippen LogP contribution in [-0.2, 0) is 4.74 Å². The molecule has 1 aliphatic heterocycles. The Labute approximate surface area is 103 Å². The molecule has 0 aliphatic carbocycles. The Bertz CT molecular complexity index is 367. The van der Waals surface area contributed by atoms with Gasteiger partial charge in [0.05, 0.1) is 18.9 Å². The van der Waals surface area contributed by atoms with Crippen LogP contribution in [0.4, 0.5) is 0 Å². The van der Waals surface area contributed by atoms with Crippen LogP contribution in [0.25, 0.3) is 5.57 Å². The third-order valence-corrected chi connectivity index (χ3v) is 2.95. The Morgan fingerprint density at radius 2 is 2.12 bits per heavy atom. The highest BCUT2D eigenvalue weighted by Crippen LogP contribution is 2.21. The average molecular weight is 232 g/mol. The van der Waals surface area contributed by atoms with Crippen molar-refractivity contribution in [2.24, 2.45) is 5.92 Å². The third-order valence-electron chi connectivity index (χ3n) is 2.95. The van der Waals surface area contributed by atoms with Gasteiger partial charge in [-0.1, -0.05) is 19.9 Å². The number of rotatable bonds is 3. The Kier molecular flexibility index (Phi) is 4.15. The summed E-state index contributed by atoms with van der Waals surface area (Å²) >= 11 is 0. The lowest BCUT2D eigenvalue weighted by Crippen LogP contribution is -2.32. The zero-order valence-electron chi connectivity index (χ0n) is 10.6. The van der Waals surface area contributed by atoms with Gasteiger partial charge in [-0.05, 0) is 23.6 Å². The summed E-state index contributed by atoms with van der Waals surface area (Å²) in [6.07, 6.45) is 4.10. The number of pyridine rings is 1. The van der Waals surface area contributed by atoms with E-state index in [-0.39, 0.29) is 0 Å². The molecule has 3 nitrogen and oxygen atoms in total. The first kappa shape index (κ1) is 12.1. The molecule has 1 saturated heterocycles. The molecule has 17 heavy (non-hydrogen) atoms. The number of allylic oxidation sites excluding steroid dienone is 1. The van der Waals surface area contributed by atoms with Crippen molar-refractivity contribution in [1.29, 1.82) is 0 Å². The van der Waals surface area contributed by atoms with Crippen molar-refractivity contribution in [2.75, 3.05) is 26.3 Å². The van der Waals surface area contributed by atoms with Crippen LogP contribution >= 0.6 is 0 Å². The van der Waals surface area contributed by atoms with Crippen molar-refractivity contribution in [3.8, 4) is 0 Å². The predicted octanol–water partition coefficient (Wildman–Crippen LogP) is 2.41. The molecule has 3 heteroatoms. The van der Waals surface area contributed by atoms with Crippen LogP contribution in [-0.4, -0.2) is 36.2 Å². The van der Waals surface area contributed by atoms with Gasteiger partial charge in [0.25, 0.3) is 0 Å². The molecule has 0 amide bonds. The second-order valence-corrected chi connectivity index (χ2v) is 4.60. The maximum atomic E-state index is 5.36. The highest BCUT2D eigenvalue weighted by atomic mass is 16.5. The normalized spacial score (nSPS) is 17.6. The largest absolute Gasteiger partial charge is 0.378 e. The van der Waals surface area contributed by atoms with Crippen LogP contribution in [0.15, 0.2) is 30.6 Å². The molecular weight excluding hydrogens is 212 g/mol. The summed E-state index contributed by atoms with van der Waals surface area (Å²) in [6, 6.07) is 6.07. The van der Waals surface area contributed by atoms with Gasteiger partial charge in [0, 0.05) is 25.5 Å². The van der Waals surface area contributed by atoms with Crippen LogP contribution < -0.4 is 0 Å². The molecule has 1 aromatic rings. The molecule has 1 aliphatic rings. The van der Waals surface area contributed by atoms with Gasteiger partial charge in [-0.3, -0.25) is 4.98 Å². The molecule has 0 N–H and O–H groups in total.